The van der Waals surface area contributed by atoms with E-state index in [0.717, 1.165) is 6.42 Å². The van der Waals surface area contributed by atoms with Gasteiger partial charge in [-0.2, -0.15) is 0 Å². The molecular weight excluding hydrogens is 244 g/mol. The van der Waals surface area contributed by atoms with Crippen molar-refractivity contribution in [2.45, 2.75) is 12.8 Å². The summed E-state index contributed by atoms with van der Waals surface area (Å²) in [6.45, 7) is 7.82. The van der Waals surface area contributed by atoms with Crippen molar-refractivity contribution >= 4 is 22.9 Å². The van der Waals surface area contributed by atoms with E-state index >= 15 is 0 Å². The summed E-state index contributed by atoms with van der Waals surface area (Å²) < 4.78 is 0. The molecule has 1 N–H and O–H groups in total. The lowest BCUT2D eigenvalue weighted by Gasteiger charge is -2.11. The van der Waals surface area contributed by atoms with E-state index in [1.165, 1.54) is 0 Å². The molecule has 0 atom stereocenters. The normalized spacial score (nSPS) is 9.07. The molecule has 0 aliphatic rings. The molecule has 0 saturated carbocycles. The second-order valence-corrected chi connectivity index (χ2v) is 3.17. The molecule has 0 radical (unpaired) electrons. The minimum absolute atomic E-state index is 0. The Balaban J connectivity index is 0. The Morgan fingerprint density at radius 1 is 1.50 bits per heavy atom. The highest BCUT2D eigenvalue weighted by molar-refractivity contribution is 8.93. The van der Waals surface area contributed by atoms with Crippen LogP contribution < -0.4 is 5.32 Å². The van der Waals surface area contributed by atoms with Crippen LogP contribution in [0.15, 0.2) is 24.8 Å². The third kappa shape index (κ3) is 8.01. The lowest BCUT2D eigenvalue weighted by molar-refractivity contribution is -0.118. The largest absolute Gasteiger partial charge is 0.340 e. The van der Waals surface area contributed by atoms with Crippen LogP contribution in [0.2, 0.25) is 0 Å². The fraction of sp³-hybridized carbons (Fsp3) is 0.500. The van der Waals surface area contributed by atoms with Gasteiger partial charge in [0.25, 0.3) is 0 Å². The van der Waals surface area contributed by atoms with Crippen molar-refractivity contribution < 1.29 is 4.79 Å². The summed E-state index contributed by atoms with van der Waals surface area (Å²) in [5.74, 6) is -0.0736. The van der Waals surface area contributed by atoms with Crippen LogP contribution in [0.3, 0.4) is 0 Å². The van der Waals surface area contributed by atoms with Gasteiger partial charge in [0.05, 0.1) is 6.67 Å². The van der Waals surface area contributed by atoms with Gasteiger partial charge in [0.2, 0.25) is 5.91 Å². The zero-order chi connectivity index (χ0) is 10.3. The maximum absolute atomic E-state index is 11.3. The van der Waals surface area contributed by atoms with E-state index in [1.54, 1.807) is 6.08 Å². The Morgan fingerprint density at radius 3 is 2.50 bits per heavy atom. The number of rotatable bonds is 6. The third-order valence-electron chi connectivity index (χ3n) is 1.53. The number of hydrogen-bond donors (Lipinski definition) is 1. The van der Waals surface area contributed by atoms with Crippen molar-refractivity contribution in [2.24, 2.45) is 0 Å². The molecule has 0 aliphatic heterocycles. The summed E-state index contributed by atoms with van der Waals surface area (Å²) in [7, 11) is 3.79. The van der Waals surface area contributed by atoms with E-state index in [1.807, 2.05) is 19.0 Å². The smallest absolute Gasteiger partial charge is 0.247 e. The minimum atomic E-state index is -0.0736. The number of carbonyl (C=O) groups is 1. The minimum Gasteiger partial charge on any atom is -0.340 e. The van der Waals surface area contributed by atoms with Crippen LogP contribution in [0, 0.1) is 0 Å². The summed E-state index contributed by atoms with van der Waals surface area (Å²) in [5, 5.41) is 2.74. The molecule has 0 saturated heterocycles. The number of halogens is 1. The van der Waals surface area contributed by atoms with Gasteiger partial charge in [-0.1, -0.05) is 12.7 Å². The van der Waals surface area contributed by atoms with E-state index in [0.29, 0.717) is 18.7 Å². The molecule has 0 spiro atoms. The quantitative estimate of drug-likeness (QED) is 0.449. The van der Waals surface area contributed by atoms with Crippen LogP contribution >= 0.6 is 17.0 Å². The third-order valence-corrected chi connectivity index (χ3v) is 1.53. The second kappa shape index (κ2) is 8.97. The van der Waals surface area contributed by atoms with Gasteiger partial charge in [0.1, 0.15) is 0 Å². The molecule has 0 rings (SSSR count). The van der Waals surface area contributed by atoms with Gasteiger partial charge in [-0.25, -0.2) is 0 Å². The summed E-state index contributed by atoms with van der Waals surface area (Å²) in [4.78, 5) is 13.2. The van der Waals surface area contributed by atoms with Crippen LogP contribution in [0.25, 0.3) is 0 Å². The molecule has 0 aromatic rings. The first-order chi connectivity index (χ1) is 6.07. The van der Waals surface area contributed by atoms with Crippen molar-refractivity contribution in [2.75, 3.05) is 20.8 Å². The van der Waals surface area contributed by atoms with Crippen LogP contribution in [-0.2, 0) is 4.79 Å². The molecule has 3 nitrogen and oxygen atoms in total. The van der Waals surface area contributed by atoms with Gasteiger partial charge in [-0.05, 0) is 26.9 Å². The number of nitrogens with zero attached hydrogens (tertiary/aromatic N) is 1. The fourth-order valence-electron chi connectivity index (χ4n) is 0.745. The first kappa shape index (κ1) is 15.8. The summed E-state index contributed by atoms with van der Waals surface area (Å²) in [5.41, 5.74) is 0.613. The average Bonchev–Trinajstić information content (AvgIpc) is 2.10. The van der Waals surface area contributed by atoms with Crippen LogP contribution in [0.1, 0.15) is 12.8 Å². The van der Waals surface area contributed by atoms with E-state index in [9.17, 15) is 4.79 Å². The van der Waals surface area contributed by atoms with E-state index in [-0.39, 0.29) is 22.9 Å². The van der Waals surface area contributed by atoms with Gasteiger partial charge < -0.3 is 5.32 Å². The van der Waals surface area contributed by atoms with Gasteiger partial charge in [-0.15, -0.1) is 23.6 Å². The van der Waals surface area contributed by atoms with Crippen LogP contribution in [0.4, 0.5) is 0 Å². The Hall–Kier alpha value is -0.610. The SMILES string of the molecule is Br.C=CCCC(=C)C(=O)NCN(C)C. The molecule has 82 valence electrons. The summed E-state index contributed by atoms with van der Waals surface area (Å²) in [6.07, 6.45) is 3.27. The molecule has 0 fully saturated rings. The predicted octanol–water partition coefficient (Wildman–Crippen LogP) is 1.72. The zero-order valence-electron chi connectivity index (χ0n) is 8.88. The van der Waals surface area contributed by atoms with Crippen LogP contribution in [0.5, 0.6) is 0 Å². The Morgan fingerprint density at radius 2 is 2.07 bits per heavy atom. The molecule has 4 heteroatoms. The topological polar surface area (TPSA) is 32.3 Å². The maximum Gasteiger partial charge on any atom is 0.247 e. The molecule has 0 aromatic heterocycles. The molecule has 0 aromatic carbocycles. The molecule has 1 amide bonds. The van der Waals surface area contributed by atoms with Gasteiger partial charge in [0, 0.05) is 5.57 Å². The Bertz CT molecular complexity index is 202. The first-order valence-electron chi connectivity index (χ1n) is 4.29. The van der Waals surface area contributed by atoms with Gasteiger partial charge in [0.15, 0.2) is 0 Å². The lowest BCUT2D eigenvalue weighted by atomic mass is 10.1. The monoisotopic (exact) mass is 262 g/mol. The highest BCUT2D eigenvalue weighted by Gasteiger charge is 2.04. The van der Waals surface area contributed by atoms with E-state index < -0.39 is 0 Å². The van der Waals surface area contributed by atoms with Crippen LogP contribution in [-0.4, -0.2) is 31.6 Å². The summed E-state index contributed by atoms with van der Waals surface area (Å²) in [6, 6.07) is 0. The van der Waals surface area contributed by atoms with Gasteiger partial charge in [-0.3, -0.25) is 9.69 Å². The van der Waals surface area contributed by atoms with Crippen molar-refractivity contribution in [1.29, 1.82) is 0 Å². The fourth-order valence-corrected chi connectivity index (χ4v) is 0.745. The number of nitrogens with one attached hydrogen (secondary N) is 1. The van der Waals surface area contributed by atoms with Crippen molar-refractivity contribution in [1.82, 2.24) is 10.2 Å². The first-order valence-corrected chi connectivity index (χ1v) is 4.29. The molecule has 0 aliphatic carbocycles. The number of hydrogen-bond acceptors (Lipinski definition) is 2. The van der Waals surface area contributed by atoms with Crippen molar-refractivity contribution in [3.63, 3.8) is 0 Å². The van der Waals surface area contributed by atoms with E-state index in [4.69, 9.17) is 0 Å². The van der Waals surface area contributed by atoms with Gasteiger partial charge >= 0.3 is 0 Å². The van der Waals surface area contributed by atoms with Crippen molar-refractivity contribution in [3.05, 3.63) is 24.8 Å². The Labute approximate surface area is 96.6 Å². The molecule has 0 unspecified atom stereocenters. The molecule has 14 heavy (non-hydrogen) atoms. The highest BCUT2D eigenvalue weighted by Crippen LogP contribution is 2.01. The summed E-state index contributed by atoms with van der Waals surface area (Å²) >= 11 is 0. The standard InChI is InChI=1S/C10H18N2O.BrH/c1-5-6-7-9(2)10(13)11-8-12(3)4;/h5H,1-2,6-8H2,3-4H3,(H,11,13);1H. The predicted molar refractivity (Wildman–Crippen MR) is 65.6 cm³/mol. The number of allylic oxidation sites excluding steroid dienone is 1. The molecular formula is C10H19BrN2O. The average molecular weight is 263 g/mol. The number of amides is 1. The lowest BCUT2D eigenvalue weighted by Crippen LogP contribution is -2.33. The second-order valence-electron chi connectivity index (χ2n) is 3.17. The Kier molecular flexibility index (Phi) is 10.1. The highest BCUT2D eigenvalue weighted by atomic mass is 79.9. The zero-order valence-corrected chi connectivity index (χ0v) is 10.6. The van der Waals surface area contributed by atoms with E-state index in [2.05, 4.69) is 18.5 Å². The molecule has 0 heterocycles. The number of carbonyl (C=O) groups excluding carboxylic acids is 1. The maximum atomic E-state index is 11.3. The van der Waals surface area contributed by atoms with Crippen molar-refractivity contribution in [3.8, 4) is 0 Å². The molecule has 0 bridgehead atoms.